The van der Waals surface area contributed by atoms with E-state index in [4.69, 9.17) is 8.83 Å². The first-order chi connectivity index (χ1) is 35.9. The molecule has 0 bridgehead atoms. The summed E-state index contributed by atoms with van der Waals surface area (Å²) in [6, 6.07) is 84.1. The van der Waals surface area contributed by atoms with Gasteiger partial charge in [-0.3, -0.25) is 0 Å². The quantitative estimate of drug-likeness (QED) is 0.172. The molecule has 0 unspecified atom stereocenters. The molecule has 0 aliphatic heterocycles. The Balaban J connectivity index is 0.820. The molecule has 0 spiro atoms. The summed E-state index contributed by atoms with van der Waals surface area (Å²) in [5, 5.41) is 9.43. The third-order valence-corrected chi connectivity index (χ3v) is 16.1. The van der Waals surface area contributed by atoms with Crippen LogP contribution in [0.2, 0.25) is 0 Å². The molecular weight excluding hydrogens is 889 g/mol. The van der Waals surface area contributed by atoms with Gasteiger partial charge in [-0.25, -0.2) is 0 Å². The van der Waals surface area contributed by atoms with Crippen molar-refractivity contribution in [3.63, 3.8) is 0 Å². The van der Waals surface area contributed by atoms with E-state index in [1.165, 1.54) is 71.4 Å². The fourth-order valence-corrected chi connectivity index (χ4v) is 12.7. The van der Waals surface area contributed by atoms with Crippen LogP contribution in [0.4, 0.5) is 0 Å². The second-order valence-electron chi connectivity index (χ2n) is 20.4. The molecule has 0 radical (unpaired) electrons. The van der Waals surface area contributed by atoms with E-state index in [0.717, 1.165) is 83.1 Å². The van der Waals surface area contributed by atoms with Crippen molar-refractivity contribution in [2.45, 2.75) is 19.3 Å². The predicted molar refractivity (Wildman–Crippen MR) is 304 cm³/mol. The number of hydrogen-bond donors (Lipinski definition) is 0. The van der Waals surface area contributed by atoms with E-state index >= 15 is 0 Å². The number of para-hydroxylation sites is 3. The lowest BCUT2D eigenvalue weighted by Gasteiger charge is -2.21. The fourth-order valence-electron chi connectivity index (χ4n) is 12.7. The molecule has 4 heteroatoms. The molecular formula is C69H44N2O2. The molecule has 0 N–H and O–H groups in total. The van der Waals surface area contributed by atoms with Crippen LogP contribution in [0.3, 0.4) is 0 Å². The van der Waals surface area contributed by atoms with Gasteiger partial charge in [0.1, 0.15) is 22.3 Å². The van der Waals surface area contributed by atoms with Crippen molar-refractivity contribution >= 4 is 87.5 Å². The topological polar surface area (TPSA) is 36.1 Å². The highest BCUT2D eigenvalue weighted by molar-refractivity contribution is 6.18. The van der Waals surface area contributed by atoms with Gasteiger partial charge in [-0.2, -0.15) is 0 Å². The van der Waals surface area contributed by atoms with E-state index < -0.39 is 0 Å². The average Bonchev–Trinajstić information content (AvgIpc) is 4.26. The van der Waals surface area contributed by atoms with Crippen molar-refractivity contribution < 1.29 is 8.83 Å². The maximum absolute atomic E-state index is 6.67. The van der Waals surface area contributed by atoms with Gasteiger partial charge < -0.3 is 18.0 Å². The van der Waals surface area contributed by atoms with Gasteiger partial charge >= 0.3 is 0 Å². The maximum Gasteiger partial charge on any atom is 0.136 e. The lowest BCUT2D eigenvalue weighted by atomic mass is 9.82. The first-order valence-corrected chi connectivity index (χ1v) is 25.2. The van der Waals surface area contributed by atoms with Crippen LogP contribution in [0.25, 0.3) is 143 Å². The lowest BCUT2D eigenvalue weighted by Crippen LogP contribution is -2.14. The van der Waals surface area contributed by atoms with E-state index in [-0.39, 0.29) is 5.41 Å². The molecule has 4 nitrogen and oxygen atoms in total. The largest absolute Gasteiger partial charge is 0.456 e. The van der Waals surface area contributed by atoms with Gasteiger partial charge in [0.05, 0.1) is 22.1 Å². The van der Waals surface area contributed by atoms with Crippen LogP contribution < -0.4 is 0 Å². The molecule has 1 aliphatic carbocycles. The molecule has 4 aromatic heterocycles. The molecule has 73 heavy (non-hydrogen) atoms. The predicted octanol–water partition coefficient (Wildman–Crippen LogP) is 19.0. The standard InChI is InChI=1S/C69H44N2O2/c1-69(2)57-21-9-6-16-49(57)52-39-55-54-38-44(29-34-61(54)71(62(55)40-58(52)69)45-14-4-3-5-15-45)48-20-13-25-66-68(48)56-37-43(30-35-64(56)73-66)42-28-33-60-53(36-42)50-17-7-10-22-59(50)70(60)46-31-26-41(27-32-46)47-19-12-24-65-67(47)51-18-8-11-23-63(51)72-65/h3-40H,1-2H3. The van der Waals surface area contributed by atoms with Gasteiger partial charge in [-0.1, -0.05) is 147 Å². The maximum atomic E-state index is 6.67. The van der Waals surface area contributed by atoms with Crippen molar-refractivity contribution in [1.29, 1.82) is 0 Å². The Kier molecular flexibility index (Phi) is 8.20. The Morgan fingerprint density at radius 2 is 0.795 bits per heavy atom. The molecule has 4 heterocycles. The molecule has 0 saturated heterocycles. The first kappa shape index (κ1) is 40.4. The van der Waals surface area contributed by atoms with E-state index in [2.05, 4.69) is 241 Å². The Labute approximate surface area is 420 Å². The van der Waals surface area contributed by atoms with Gasteiger partial charge in [0.2, 0.25) is 0 Å². The minimum atomic E-state index is -0.104. The monoisotopic (exact) mass is 932 g/mol. The minimum Gasteiger partial charge on any atom is -0.456 e. The van der Waals surface area contributed by atoms with Gasteiger partial charge in [0, 0.05) is 59.9 Å². The highest BCUT2D eigenvalue weighted by Gasteiger charge is 2.36. The van der Waals surface area contributed by atoms with Crippen molar-refractivity contribution in [1.82, 2.24) is 9.13 Å². The molecule has 11 aromatic carbocycles. The van der Waals surface area contributed by atoms with E-state index in [1.807, 2.05) is 12.1 Å². The van der Waals surface area contributed by atoms with Crippen LogP contribution in [0.5, 0.6) is 0 Å². The molecule has 0 amide bonds. The van der Waals surface area contributed by atoms with Crippen LogP contribution in [0.15, 0.2) is 239 Å². The summed E-state index contributed by atoms with van der Waals surface area (Å²) in [6.45, 7) is 4.73. The van der Waals surface area contributed by atoms with E-state index in [9.17, 15) is 0 Å². The number of fused-ring (bicyclic) bond motifs is 15. The van der Waals surface area contributed by atoms with E-state index in [0.29, 0.717) is 0 Å². The Morgan fingerprint density at radius 1 is 0.288 bits per heavy atom. The average molecular weight is 933 g/mol. The molecule has 0 saturated carbocycles. The number of furan rings is 2. The molecule has 15 aromatic rings. The third-order valence-electron chi connectivity index (χ3n) is 16.1. The van der Waals surface area contributed by atoms with Crippen molar-refractivity contribution in [3.05, 3.63) is 242 Å². The fraction of sp³-hybridized carbons (Fsp3) is 0.0435. The number of hydrogen-bond acceptors (Lipinski definition) is 2. The Bertz CT molecular complexity index is 4810. The van der Waals surface area contributed by atoms with Crippen LogP contribution >= 0.6 is 0 Å². The Morgan fingerprint density at radius 3 is 1.59 bits per heavy atom. The zero-order valence-electron chi connectivity index (χ0n) is 40.2. The smallest absolute Gasteiger partial charge is 0.136 e. The summed E-state index contributed by atoms with van der Waals surface area (Å²) in [7, 11) is 0. The molecule has 0 fully saturated rings. The summed E-state index contributed by atoms with van der Waals surface area (Å²) in [6.07, 6.45) is 0. The van der Waals surface area contributed by atoms with Crippen LogP contribution in [0, 0.1) is 0 Å². The number of rotatable bonds is 5. The van der Waals surface area contributed by atoms with Crippen molar-refractivity contribution in [3.8, 4) is 55.9 Å². The van der Waals surface area contributed by atoms with Crippen LogP contribution in [-0.4, -0.2) is 9.13 Å². The number of aromatic nitrogens is 2. The first-order valence-electron chi connectivity index (χ1n) is 25.2. The lowest BCUT2D eigenvalue weighted by molar-refractivity contribution is 0.661. The summed E-state index contributed by atoms with van der Waals surface area (Å²) in [4.78, 5) is 0. The highest BCUT2D eigenvalue weighted by Crippen LogP contribution is 2.52. The van der Waals surface area contributed by atoms with Gasteiger partial charge in [0.25, 0.3) is 0 Å². The molecule has 342 valence electrons. The molecule has 1 aliphatic rings. The SMILES string of the molecule is CC1(C)c2ccccc2-c2cc3c4cc(-c5cccc6oc7ccc(-c8ccc9c(c8)c8ccccc8n9-c8ccc(-c9cccc%10oc%11ccccc%11c9%10)cc8)cc7c56)ccc4n(-c4ccccc4)c3cc21. The third kappa shape index (κ3) is 5.72. The highest BCUT2D eigenvalue weighted by atomic mass is 16.3. The van der Waals surface area contributed by atoms with Gasteiger partial charge in [0.15, 0.2) is 0 Å². The van der Waals surface area contributed by atoms with Crippen LogP contribution in [0.1, 0.15) is 25.0 Å². The summed E-state index contributed by atoms with van der Waals surface area (Å²) in [5.41, 5.74) is 22.9. The van der Waals surface area contributed by atoms with Gasteiger partial charge in [-0.15, -0.1) is 0 Å². The summed E-state index contributed by atoms with van der Waals surface area (Å²) < 4.78 is 17.8. The normalized spacial score (nSPS) is 13.2. The number of nitrogens with zero attached hydrogens (tertiary/aromatic N) is 2. The Hall–Kier alpha value is -9.38. The van der Waals surface area contributed by atoms with Gasteiger partial charge in [-0.05, 0) is 153 Å². The van der Waals surface area contributed by atoms with Crippen molar-refractivity contribution in [2.75, 3.05) is 0 Å². The van der Waals surface area contributed by atoms with Crippen LogP contribution in [-0.2, 0) is 5.41 Å². The minimum absolute atomic E-state index is 0.104. The number of benzene rings is 11. The summed E-state index contributed by atoms with van der Waals surface area (Å²) in [5.74, 6) is 0. The van der Waals surface area contributed by atoms with Crippen molar-refractivity contribution in [2.24, 2.45) is 0 Å². The molecule has 16 rings (SSSR count). The second-order valence-corrected chi connectivity index (χ2v) is 20.4. The molecule has 0 atom stereocenters. The zero-order valence-corrected chi connectivity index (χ0v) is 40.2. The zero-order chi connectivity index (χ0) is 48.1. The second kappa shape index (κ2) is 14.8. The van der Waals surface area contributed by atoms with E-state index in [1.54, 1.807) is 0 Å². The summed E-state index contributed by atoms with van der Waals surface area (Å²) >= 11 is 0.